The third-order valence-electron chi connectivity index (χ3n) is 18.0. The van der Waals surface area contributed by atoms with Gasteiger partial charge in [0.25, 0.3) is 0 Å². The normalized spacial score (nSPS) is 11.9. The van der Waals surface area contributed by atoms with Gasteiger partial charge in [0, 0.05) is 49.3 Å². The predicted octanol–water partition coefficient (Wildman–Crippen LogP) is 21.2. The van der Waals surface area contributed by atoms with E-state index in [2.05, 4.69) is 322 Å². The van der Waals surface area contributed by atoms with Gasteiger partial charge in [0.15, 0.2) is 11.6 Å². The summed E-state index contributed by atoms with van der Waals surface area (Å²) in [7, 11) is 0. The maximum Gasteiger partial charge on any atom is 0.165 e. The summed E-state index contributed by atoms with van der Waals surface area (Å²) in [6.07, 6.45) is 1.94. The molecule has 0 aliphatic heterocycles. The molecule has 0 atom stereocenters. The Balaban J connectivity index is 1.10. The lowest BCUT2D eigenvalue weighted by molar-refractivity contribution is 0.959. The lowest BCUT2D eigenvalue weighted by Gasteiger charge is -2.26. The molecule has 6 heteroatoms. The first-order valence-corrected chi connectivity index (χ1v) is 30.1. The summed E-state index contributed by atoms with van der Waals surface area (Å²) < 4.78 is 9.87. The molecule has 18 rings (SSSR count). The molecule has 12 aromatic carbocycles. The monoisotopic (exact) mass is 1120 g/mol. The zero-order chi connectivity index (χ0) is 57.8. The summed E-state index contributed by atoms with van der Waals surface area (Å²) in [5, 5.41) is 9.06. The predicted molar refractivity (Wildman–Crippen MR) is 367 cm³/mol. The number of fused-ring (bicyclic) bond motifs is 12. The molecule has 0 unspecified atom stereocenters. The second-order valence-electron chi connectivity index (χ2n) is 22.8. The summed E-state index contributed by atoms with van der Waals surface area (Å²) in [5.41, 5.74) is 21.0. The van der Waals surface area contributed by atoms with E-state index < -0.39 is 0 Å². The lowest BCUT2D eigenvalue weighted by Crippen LogP contribution is -2.16. The molecule has 0 aliphatic rings. The van der Waals surface area contributed by atoms with Gasteiger partial charge in [0.1, 0.15) is 11.4 Å². The second-order valence-corrected chi connectivity index (χ2v) is 22.8. The van der Waals surface area contributed by atoms with E-state index in [9.17, 15) is 0 Å². The molecule has 0 amide bonds. The average Bonchev–Trinajstić information content (AvgIpc) is 1.51. The molecular formula is C82H52N6. The fraction of sp³-hybridized carbons (Fsp3) is 0. The van der Waals surface area contributed by atoms with Crippen molar-refractivity contribution in [2.45, 2.75) is 0 Å². The van der Waals surface area contributed by atoms with E-state index >= 15 is 0 Å². The smallest absolute Gasteiger partial charge is 0.165 e. The average molecular weight is 1120 g/mol. The Morgan fingerprint density at radius 1 is 0.205 bits per heavy atom. The van der Waals surface area contributed by atoms with Gasteiger partial charge in [-0.05, 0) is 129 Å². The highest BCUT2D eigenvalue weighted by atomic mass is 15.2. The molecule has 0 N–H and O–H groups in total. The van der Waals surface area contributed by atoms with E-state index in [-0.39, 0.29) is 0 Å². The van der Waals surface area contributed by atoms with Crippen LogP contribution in [0.5, 0.6) is 0 Å². The summed E-state index contributed by atoms with van der Waals surface area (Å²) in [4.78, 5) is 12.0. The zero-order valence-electron chi connectivity index (χ0n) is 47.7. The van der Waals surface area contributed by atoms with Crippen LogP contribution < -0.4 is 0 Å². The molecule has 0 aliphatic carbocycles. The van der Waals surface area contributed by atoms with Crippen LogP contribution >= 0.6 is 0 Å². The molecule has 6 aromatic heterocycles. The van der Waals surface area contributed by atoms with E-state index in [0.717, 1.165) is 166 Å². The van der Waals surface area contributed by atoms with E-state index in [1.54, 1.807) is 0 Å². The first-order chi connectivity index (χ1) is 43.7. The van der Waals surface area contributed by atoms with Crippen LogP contribution in [-0.4, -0.2) is 28.2 Å². The second kappa shape index (κ2) is 19.9. The van der Waals surface area contributed by atoms with Crippen molar-refractivity contribution in [2.75, 3.05) is 0 Å². The fourth-order valence-electron chi connectivity index (χ4n) is 14.1. The van der Waals surface area contributed by atoms with Gasteiger partial charge in [-0.15, -0.1) is 0 Å². The molecular weight excluding hydrogens is 1070 g/mol. The van der Waals surface area contributed by atoms with Crippen molar-refractivity contribution in [3.8, 4) is 78.8 Å². The number of para-hydroxylation sites is 4. The summed E-state index contributed by atoms with van der Waals surface area (Å²) in [6.45, 7) is 0. The minimum absolute atomic E-state index is 0.759. The van der Waals surface area contributed by atoms with Crippen LogP contribution in [-0.2, 0) is 0 Å². The van der Waals surface area contributed by atoms with Gasteiger partial charge in [-0.25, -0.2) is 4.98 Å². The number of nitrogens with zero attached hydrogens (tertiary/aromatic N) is 6. The van der Waals surface area contributed by atoms with Crippen molar-refractivity contribution in [2.24, 2.45) is 0 Å². The van der Waals surface area contributed by atoms with Gasteiger partial charge in [-0.3, -0.25) is 14.1 Å². The molecule has 0 saturated heterocycles. The van der Waals surface area contributed by atoms with Crippen LogP contribution in [0.15, 0.2) is 316 Å². The summed E-state index contributed by atoms with van der Waals surface area (Å²) in [6, 6.07) is 113. The fourth-order valence-corrected chi connectivity index (χ4v) is 14.1. The first kappa shape index (κ1) is 49.6. The van der Waals surface area contributed by atoms with Gasteiger partial charge in [-0.1, -0.05) is 224 Å². The SMILES string of the molecule is c1ccc(-c2ccc3c(c2)c2cc(-c4ccccc4)ccc2n3-c2c(-n3c4ccccc4c4ccccc43)nc(-n3c4ccccc4c4ccccc43)c(-n3c4ccc(-c5ccccc5)cc4c4cc(-c5ccccc5)ccc43)c2-c2ccccn2)cc1. The standard InChI is InChI=1S/C82H52N6/c1-5-23-53(24-6-1)57-40-44-74-65(49-57)66-50-58(54-25-7-2-8-26-54)41-45-75(66)85(74)79-78(69-35-21-22-48-83-69)80(86-76-46-42-59(55-27-9-3-10-28-55)51-67(76)68-52-60(43-47-77(68)86)56-29-11-4-12-30-56)82(88-72-38-19-15-33-63(72)64-34-16-20-39-73(64)88)84-81(79)87-70-36-17-13-31-61(70)62-32-14-18-37-71(62)87/h1-52H. The molecule has 0 bridgehead atoms. The Hall–Kier alpha value is -11.9. The molecule has 0 saturated carbocycles. The largest absolute Gasteiger partial charge is 0.305 e. The molecule has 0 radical (unpaired) electrons. The first-order valence-electron chi connectivity index (χ1n) is 30.1. The van der Waals surface area contributed by atoms with Gasteiger partial charge >= 0.3 is 0 Å². The van der Waals surface area contributed by atoms with E-state index in [1.807, 2.05) is 12.3 Å². The van der Waals surface area contributed by atoms with Crippen molar-refractivity contribution in [1.82, 2.24) is 28.2 Å². The Kier molecular flexibility index (Phi) is 11.2. The van der Waals surface area contributed by atoms with Crippen LogP contribution in [0.4, 0.5) is 0 Å². The minimum Gasteiger partial charge on any atom is -0.305 e. The third kappa shape index (κ3) is 7.62. The van der Waals surface area contributed by atoms with Gasteiger partial charge in [0.2, 0.25) is 0 Å². The van der Waals surface area contributed by atoms with Crippen molar-refractivity contribution >= 4 is 87.2 Å². The molecule has 18 aromatic rings. The highest BCUT2D eigenvalue weighted by Crippen LogP contribution is 2.50. The van der Waals surface area contributed by atoms with Gasteiger partial charge in [-0.2, -0.15) is 0 Å². The number of hydrogen-bond acceptors (Lipinski definition) is 2. The molecule has 0 fully saturated rings. The Bertz CT molecular complexity index is 5140. The molecule has 88 heavy (non-hydrogen) atoms. The Morgan fingerprint density at radius 3 is 0.773 bits per heavy atom. The van der Waals surface area contributed by atoms with Crippen LogP contribution in [0.1, 0.15) is 0 Å². The van der Waals surface area contributed by atoms with Crippen LogP contribution in [0.2, 0.25) is 0 Å². The Morgan fingerprint density at radius 2 is 0.477 bits per heavy atom. The number of hydrogen-bond donors (Lipinski definition) is 0. The highest BCUT2D eigenvalue weighted by molar-refractivity contribution is 6.17. The van der Waals surface area contributed by atoms with E-state index in [1.165, 1.54) is 0 Å². The topological polar surface area (TPSA) is 45.5 Å². The van der Waals surface area contributed by atoms with Crippen LogP contribution in [0.3, 0.4) is 0 Å². The number of benzene rings is 12. The van der Waals surface area contributed by atoms with E-state index in [0.29, 0.717) is 0 Å². The maximum atomic E-state index is 6.50. The van der Waals surface area contributed by atoms with E-state index in [4.69, 9.17) is 9.97 Å². The van der Waals surface area contributed by atoms with Crippen LogP contribution in [0, 0.1) is 0 Å². The van der Waals surface area contributed by atoms with Gasteiger partial charge in [0.05, 0.1) is 55.4 Å². The lowest BCUT2D eigenvalue weighted by atomic mass is 10.0. The Labute approximate surface area is 507 Å². The molecule has 0 spiro atoms. The maximum absolute atomic E-state index is 6.50. The van der Waals surface area contributed by atoms with Crippen molar-refractivity contribution < 1.29 is 0 Å². The van der Waals surface area contributed by atoms with Crippen molar-refractivity contribution in [1.29, 1.82) is 0 Å². The minimum atomic E-state index is 0.759. The molecule has 6 nitrogen and oxygen atoms in total. The number of rotatable bonds is 9. The quantitative estimate of drug-likeness (QED) is 0.145. The molecule has 6 heterocycles. The zero-order valence-corrected chi connectivity index (χ0v) is 47.7. The highest BCUT2D eigenvalue weighted by Gasteiger charge is 2.33. The summed E-state index contributed by atoms with van der Waals surface area (Å²) >= 11 is 0. The van der Waals surface area contributed by atoms with Gasteiger partial charge < -0.3 is 9.13 Å². The number of aromatic nitrogens is 6. The van der Waals surface area contributed by atoms with Crippen molar-refractivity contribution in [3.63, 3.8) is 0 Å². The molecule has 410 valence electrons. The summed E-state index contributed by atoms with van der Waals surface area (Å²) in [5.74, 6) is 1.52. The van der Waals surface area contributed by atoms with Crippen LogP contribution in [0.25, 0.3) is 166 Å². The van der Waals surface area contributed by atoms with Crippen molar-refractivity contribution in [3.05, 3.63) is 316 Å². The number of pyridine rings is 2. The third-order valence-corrected chi connectivity index (χ3v) is 18.0.